The molecule has 7 nitrogen and oxygen atoms in total. The first-order chi connectivity index (χ1) is 15.2. The number of nitrogen functional groups attached to an aromatic ring is 1. The van der Waals surface area contributed by atoms with E-state index in [1.165, 1.54) is 35.1 Å². The summed E-state index contributed by atoms with van der Waals surface area (Å²) in [4.78, 5) is 8.27. The van der Waals surface area contributed by atoms with Crippen LogP contribution < -0.4 is 5.73 Å². The largest absolute Gasteiger partial charge is 0.419 e. The van der Waals surface area contributed by atoms with Crippen molar-refractivity contribution < 1.29 is 17.6 Å². The van der Waals surface area contributed by atoms with Gasteiger partial charge in [0.2, 0.25) is 5.95 Å². The van der Waals surface area contributed by atoms with Gasteiger partial charge in [0.25, 0.3) is 0 Å². The van der Waals surface area contributed by atoms with Crippen LogP contribution >= 0.6 is 0 Å². The van der Waals surface area contributed by atoms with E-state index in [0.29, 0.717) is 17.0 Å². The van der Waals surface area contributed by atoms with Crippen LogP contribution in [-0.2, 0) is 12.7 Å². The molecule has 0 aliphatic carbocycles. The molecule has 4 rings (SSSR count). The van der Waals surface area contributed by atoms with E-state index < -0.39 is 17.6 Å². The average molecular weight is 437 g/mol. The quantitative estimate of drug-likeness (QED) is 0.484. The van der Waals surface area contributed by atoms with Crippen molar-refractivity contribution in [3.05, 3.63) is 70.7 Å². The van der Waals surface area contributed by atoms with Crippen LogP contribution in [0.25, 0.3) is 22.3 Å². The first kappa shape index (κ1) is 20.8. The molecule has 0 atom stereocenters. The lowest BCUT2D eigenvalue weighted by Crippen LogP contribution is -2.12. The summed E-state index contributed by atoms with van der Waals surface area (Å²) in [5.41, 5.74) is 5.50. The van der Waals surface area contributed by atoms with Crippen LogP contribution in [0.2, 0.25) is 0 Å². The van der Waals surface area contributed by atoms with E-state index in [1.807, 2.05) is 12.1 Å². The lowest BCUT2D eigenvalue weighted by Gasteiger charge is -2.12. The van der Waals surface area contributed by atoms with Crippen LogP contribution in [0.15, 0.2) is 42.6 Å². The third kappa shape index (κ3) is 3.68. The van der Waals surface area contributed by atoms with Crippen LogP contribution in [0, 0.1) is 28.5 Å². The second-order valence-electron chi connectivity index (χ2n) is 6.77. The fourth-order valence-electron chi connectivity index (χ4n) is 3.28. The lowest BCUT2D eigenvalue weighted by atomic mass is 10.0. The van der Waals surface area contributed by atoms with Crippen molar-refractivity contribution in [1.29, 1.82) is 10.5 Å². The van der Waals surface area contributed by atoms with Gasteiger partial charge in [-0.3, -0.25) is 0 Å². The van der Waals surface area contributed by atoms with Gasteiger partial charge in [0.05, 0.1) is 52.7 Å². The molecular formula is C21H11F4N7. The Kier molecular flexibility index (Phi) is 4.95. The molecular weight excluding hydrogens is 426 g/mol. The Morgan fingerprint density at radius 3 is 2.34 bits per heavy atom. The van der Waals surface area contributed by atoms with E-state index in [4.69, 9.17) is 5.73 Å². The zero-order valence-electron chi connectivity index (χ0n) is 16.0. The molecule has 2 N–H and O–H groups in total. The highest BCUT2D eigenvalue weighted by molar-refractivity contribution is 5.91. The van der Waals surface area contributed by atoms with Crippen molar-refractivity contribution in [1.82, 2.24) is 19.7 Å². The molecule has 0 saturated heterocycles. The maximum Gasteiger partial charge on any atom is 0.419 e. The first-order valence-electron chi connectivity index (χ1n) is 9.00. The minimum Gasteiger partial charge on any atom is -0.368 e. The molecule has 0 radical (unpaired) electrons. The van der Waals surface area contributed by atoms with Gasteiger partial charge in [-0.1, -0.05) is 12.1 Å². The minimum absolute atomic E-state index is 0.158. The van der Waals surface area contributed by atoms with Crippen molar-refractivity contribution in [3.8, 4) is 23.4 Å². The number of alkyl halides is 3. The van der Waals surface area contributed by atoms with Crippen molar-refractivity contribution in [3.63, 3.8) is 0 Å². The highest BCUT2D eigenvalue weighted by Gasteiger charge is 2.34. The SMILES string of the molecule is N#Cc1cc(C#N)cc(-c2nc(N)nc3c2cnn3Cc2cccc(C(F)(F)F)c2F)c1. The van der Waals surface area contributed by atoms with E-state index >= 15 is 0 Å². The number of aromatic nitrogens is 4. The Morgan fingerprint density at radius 2 is 1.72 bits per heavy atom. The number of rotatable bonds is 3. The van der Waals surface area contributed by atoms with E-state index in [-0.39, 0.29) is 40.5 Å². The number of halogens is 4. The number of nitrogens with zero attached hydrogens (tertiary/aromatic N) is 6. The zero-order valence-corrected chi connectivity index (χ0v) is 16.0. The van der Waals surface area contributed by atoms with E-state index in [1.54, 1.807) is 0 Å². The molecule has 0 aliphatic heterocycles. The Balaban J connectivity index is 1.85. The number of fused-ring (bicyclic) bond motifs is 1. The van der Waals surface area contributed by atoms with E-state index in [0.717, 1.165) is 6.07 Å². The summed E-state index contributed by atoms with van der Waals surface area (Å²) >= 11 is 0. The van der Waals surface area contributed by atoms with Crippen LogP contribution in [0.3, 0.4) is 0 Å². The van der Waals surface area contributed by atoms with Gasteiger partial charge < -0.3 is 5.73 Å². The van der Waals surface area contributed by atoms with Crippen molar-refractivity contribution >= 4 is 17.0 Å². The zero-order chi connectivity index (χ0) is 23.0. The maximum absolute atomic E-state index is 14.5. The number of anilines is 1. The van der Waals surface area contributed by atoms with Gasteiger partial charge in [0.15, 0.2) is 5.65 Å². The molecule has 0 unspecified atom stereocenters. The van der Waals surface area contributed by atoms with Crippen LogP contribution in [0.4, 0.5) is 23.5 Å². The smallest absolute Gasteiger partial charge is 0.368 e. The molecule has 0 fully saturated rings. The van der Waals surface area contributed by atoms with Crippen molar-refractivity contribution in [2.24, 2.45) is 0 Å². The molecule has 0 bridgehead atoms. The van der Waals surface area contributed by atoms with Crippen molar-refractivity contribution in [2.45, 2.75) is 12.7 Å². The summed E-state index contributed by atoms with van der Waals surface area (Å²) in [7, 11) is 0. The van der Waals surface area contributed by atoms with Gasteiger partial charge in [-0.2, -0.15) is 33.8 Å². The standard InChI is InChI=1S/C21H11F4N7/c22-17-13(2-1-3-16(17)21(23,24)25)10-32-19-15(9-29-32)18(30-20(28)31-19)14-5-11(7-26)4-12(6-14)8-27/h1-6,9H,10H2,(H2,28,30,31). The first-order valence-corrected chi connectivity index (χ1v) is 9.00. The molecule has 0 saturated carbocycles. The van der Waals surface area contributed by atoms with Crippen LogP contribution in [-0.4, -0.2) is 19.7 Å². The Bertz CT molecular complexity index is 1410. The predicted octanol–water partition coefficient (Wildman–Crippen LogP) is 4.03. The minimum atomic E-state index is -4.84. The van der Waals surface area contributed by atoms with Crippen LogP contribution in [0.1, 0.15) is 22.3 Å². The molecule has 0 amide bonds. The number of nitriles is 2. The maximum atomic E-state index is 14.5. The highest BCUT2D eigenvalue weighted by Crippen LogP contribution is 2.33. The topological polar surface area (TPSA) is 117 Å². The Hall–Kier alpha value is -4.51. The summed E-state index contributed by atoms with van der Waals surface area (Å²) < 4.78 is 54.8. The fraction of sp³-hybridized carbons (Fsp3) is 0.0952. The summed E-state index contributed by atoms with van der Waals surface area (Å²) in [6, 6.07) is 11.3. The van der Waals surface area contributed by atoms with Gasteiger partial charge in [-0.05, 0) is 24.3 Å². The summed E-state index contributed by atoms with van der Waals surface area (Å²) in [5, 5.41) is 22.9. The molecule has 0 aliphatic rings. The molecule has 4 aromatic rings. The number of hydrogen-bond donors (Lipinski definition) is 1. The fourth-order valence-corrected chi connectivity index (χ4v) is 3.28. The van der Waals surface area contributed by atoms with Gasteiger partial charge in [0, 0.05) is 11.1 Å². The Labute approximate surface area is 178 Å². The monoisotopic (exact) mass is 437 g/mol. The van der Waals surface area contributed by atoms with Gasteiger partial charge in [-0.15, -0.1) is 0 Å². The molecule has 2 heterocycles. The molecule has 11 heteroatoms. The number of nitrogens with two attached hydrogens (primary N) is 1. The summed E-state index contributed by atoms with van der Waals surface area (Å²) in [6.07, 6.45) is -3.48. The third-order valence-corrected chi connectivity index (χ3v) is 4.68. The van der Waals surface area contributed by atoms with E-state index in [9.17, 15) is 28.1 Å². The summed E-state index contributed by atoms with van der Waals surface area (Å²) in [6.45, 7) is -0.336. The van der Waals surface area contributed by atoms with Crippen molar-refractivity contribution in [2.75, 3.05) is 5.73 Å². The molecule has 158 valence electrons. The van der Waals surface area contributed by atoms with Crippen LogP contribution in [0.5, 0.6) is 0 Å². The molecule has 32 heavy (non-hydrogen) atoms. The van der Waals surface area contributed by atoms with Gasteiger partial charge >= 0.3 is 6.18 Å². The van der Waals surface area contributed by atoms with E-state index in [2.05, 4.69) is 15.1 Å². The third-order valence-electron chi connectivity index (χ3n) is 4.68. The van der Waals surface area contributed by atoms with Gasteiger partial charge in [0.1, 0.15) is 5.82 Å². The predicted molar refractivity (Wildman–Crippen MR) is 105 cm³/mol. The molecule has 2 aromatic carbocycles. The normalized spacial score (nSPS) is 11.3. The average Bonchev–Trinajstić information content (AvgIpc) is 3.15. The molecule has 0 spiro atoms. The summed E-state index contributed by atoms with van der Waals surface area (Å²) in [5.74, 6) is -1.56. The number of hydrogen-bond acceptors (Lipinski definition) is 6. The highest BCUT2D eigenvalue weighted by atomic mass is 19.4. The number of benzene rings is 2. The lowest BCUT2D eigenvalue weighted by molar-refractivity contribution is -0.140. The Morgan fingerprint density at radius 1 is 1.03 bits per heavy atom. The van der Waals surface area contributed by atoms with Gasteiger partial charge in [-0.25, -0.2) is 14.1 Å². The second-order valence-corrected chi connectivity index (χ2v) is 6.77. The molecule has 2 aromatic heterocycles. The second kappa shape index (κ2) is 7.63.